The smallest absolute Gasteiger partial charge is 0.319 e. The number of carbonyl (C=O) groups excluding carboxylic acids is 1. The van der Waals surface area contributed by atoms with E-state index >= 15 is 0 Å². The van der Waals surface area contributed by atoms with Crippen LogP contribution in [0.4, 0.5) is 0 Å². The van der Waals surface area contributed by atoms with Crippen LogP contribution < -0.4 is 0 Å². The summed E-state index contributed by atoms with van der Waals surface area (Å²) in [6, 6.07) is 0.416. The van der Waals surface area contributed by atoms with Gasteiger partial charge in [0.25, 0.3) is 0 Å². The molecule has 0 heterocycles. The molecule has 72 valence electrons. The third-order valence-electron chi connectivity index (χ3n) is 1.77. The first kappa shape index (κ1) is 11.8. The molecule has 1 atom stereocenters. The number of rotatable bonds is 5. The van der Waals surface area contributed by atoms with Crippen molar-refractivity contribution < 1.29 is 9.53 Å². The Balaban J connectivity index is 3.69. The molecule has 0 saturated heterocycles. The quantitative estimate of drug-likeness (QED) is 0.602. The van der Waals surface area contributed by atoms with E-state index < -0.39 is 0 Å². The fourth-order valence-corrected chi connectivity index (χ4v) is 1.53. The Morgan fingerprint density at radius 1 is 1.67 bits per heavy atom. The van der Waals surface area contributed by atoms with Gasteiger partial charge in [-0.15, -0.1) is 0 Å². The van der Waals surface area contributed by atoms with Crippen LogP contribution in [0.3, 0.4) is 0 Å². The van der Waals surface area contributed by atoms with Gasteiger partial charge >= 0.3 is 5.97 Å². The maximum atomic E-state index is 10.9. The van der Waals surface area contributed by atoms with Crippen molar-refractivity contribution in [2.24, 2.45) is 0 Å². The second-order valence-electron chi connectivity index (χ2n) is 2.80. The van der Waals surface area contributed by atoms with Gasteiger partial charge in [-0.3, -0.25) is 9.69 Å². The number of thioether (sulfide) groups is 1. The number of likely N-dealkylation sites (N-methyl/N-ethyl adjacent to an activating group) is 1. The molecule has 0 aliphatic rings. The maximum Gasteiger partial charge on any atom is 0.319 e. The van der Waals surface area contributed by atoms with Crippen LogP contribution >= 0.6 is 11.8 Å². The standard InChI is InChI=1S/C8H17NO2S/c1-7(6-12-4)9(2)5-8(10)11-3/h7H,5-6H2,1-4H3. The summed E-state index contributed by atoms with van der Waals surface area (Å²) in [5.41, 5.74) is 0. The lowest BCUT2D eigenvalue weighted by Crippen LogP contribution is -2.35. The predicted molar refractivity (Wildman–Crippen MR) is 52.5 cm³/mol. The van der Waals surface area contributed by atoms with Gasteiger partial charge in [-0.1, -0.05) is 0 Å². The minimum absolute atomic E-state index is 0.176. The van der Waals surface area contributed by atoms with E-state index in [1.54, 1.807) is 11.8 Å². The average Bonchev–Trinajstić information content (AvgIpc) is 2.04. The maximum absolute atomic E-state index is 10.9. The Hall–Kier alpha value is -0.220. The minimum Gasteiger partial charge on any atom is -0.468 e. The summed E-state index contributed by atoms with van der Waals surface area (Å²) in [4.78, 5) is 12.8. The molecule has 1 unspecified atom stereocenters. The molecule has 0 spiro atoms. The fraction of sp³-hybridized carbons (Fsp3) is 0.875. The molecular weight excluding hydrogens is 174 g/mol. The van der Waals surface area contributed by atoms with Crippen LogP contribution in [0.25, 0.3) is 0 Å². The molecule has 0 aromatic rings. The Labute approximate surface area is 78.5 Å². The van der Waals surface area contributed by atoms with Gasteiger partial charge in [0, 0.05) is 11.8 Å². The molecule has 3 nitrogen and oxygen atoms in total. The number of esters is 1. The van der Waals surface area contributed by atoms with Gasteiger partial charge in [-0.05, 0) is 20.2 Å². The number of carbonyl (C=O) groups is 1. The third kappa shape index (κ3) is 4.62. The van der Waals surface area contributed by atoms with Crippen molar-refractivity contribution in [3.05, 3.63) is 0 Å². The highest BCUT2D eigenvalue weighted by Crippen LogP contribution is 2.02. The van der Waals surface area contributed by atoms with Crippen LogP contribution in [0, 0.1) is 0 Å². The summed E-state index contributed by atoms with van der Waals surface area (Å²) in [7, 11) is 3.34. The molecule has 0 radical (unpaired) electrons. The molecule has 4 heteroatoms. The lowest BCUT2D eigenvalue weighted by Gasteiger charge is -2.22. The molecule has 0 rings (SSSR count). The van der Waals surface area contributed by atoms with E-state index in [9.17, 15) is 4.79 Å². The highest BCUT2D eigenvalue weighted by molar-refractivity contribution is 7.98. The number of hydrogen-bond donors (Lipinski definition) is 0. The van der Waals surface area contributed by atoms with Gasteiger partial charge in [0.05, 0.1) is 13.7 Å². The number of hydrogen-bond acceptors (Lipinski definition) is 4. The van der Waals surface area contributed by atoms with E-state index in [1.165, 1.54) is 7.11 Å². The average molecular weight is 191 g/mol. The lowest BCUT2D eigenvalue weighted by atomic mass is 10.3. The summed E-state index contributed by atoms with van der Waals surface area (Å²) in [5.74, 6) is 0.860. The van der Waals surface area contributed by atoms with Crippen molar-refractivity contribution in [1.29, 1.82) is 0 Å². The molecule has 0 N–H and O–H groups in total. The largest absolute Gasteiger partial charge is 0.468 e. The van der Waals surface area contributed by atoms with E-state index in [4.69, 9.17) is 0 Å². The van der Waals surface area contributed by atoms with Crippen LogP contribution in [0.15, 0.2) is 0 Å². The van der Waals surface area contributed by atoms with Crippen LogP contribution in [0.1, 0.15) is 6.92 Å². The predicted octanol–water partition coefficient (Wildman–Crippen LogP) is 0.843. The van der Waals surface area contributed by atoms with Crippen LogP contribution in [0.5, 0.6) is 0 Å². The zero-order valence-corrected chi connectivity index (χ0v) is 8.98. The number of nitrogens with zero attached hydrogens (tertiary/aromatic N) is 1. The molecule has 0 aliphatic carbocycles. The summed E-state index contributed by atoms with van der Waals surface area (Å²) in [6.45, 7) is 2.47. The van der Waals surface area contributed by atoms with E-state index in [1.807, 2.05) is 11.9 Å². The van der Waals surface area contributed by atoms with E-state index in [0.717, 1.165) is 5.75 Å². The molecule has 0 saturated carbocycles. The molecule has 0 aromatic carbocycles. The molecule has 0 fully saturated rings. The highest BCUT2D eigenvalue weighted by atomic mass is 32.2. The van der Waals surface area contributed by atoms with Crippen molar-refractivity contribution in [2.45, 2.75) is 13.0 Å². The zero-order valence-electron chi connectivity index (χ0n) is 8.16. The van der Waals surface area contributed by atoms with Crippen LogP contribution in [0.2, 0.25) is 0 Å². The number of methoxy groups -OCH3 is 1. The van der Waals surface area contributed by atoms with Gasteiger partial charge in [0.1, 0.15) is 0 Å². The molecule has 0 aliphatic heterocycles. The molecule has 12 heavy (non-hydrogen) atoms. The second kappa shape index (κ2) is 6.31. The Bertz CT molecular complexity index is 141. The monoisotopic (exact) mass is 191 g/mol. The van der Waals surface area contributed by atoms with Gasteiger partial charge < -0.3 is 4.74 Å². The number of ether oxygens (including phenoxy) is 1. The first-order valence-electron chi connectivity index (χ1n) is 3.87. The highest BCUT2D eigenvalue weighted by Gasteiger charge is 2.11. The van der Waals surface area contributed by atoms with Crippen molar-refractivity contribution in [1.82, 2.24) is 4.90 Å². The van der Waals surface area contributed by atoms with Gasteiger partial charge in [-0.2, -0.15) is 11.8 Å². The van der Waals surface area contributed by atoms with Crippen molar-refractivity contribution in [3.8, 4) is 0 Å². The molecule has 0 bridgehead atoms. The second-order valence-corrected chi connectivity index (χ2v) is 3.71. The van der Waals surface area contributed by atoms with Crippen molar-refractivity contribution in [2.75, 3.05) is 32.7 Å². The van der Waals surface area contributed by atoms with Crippen molar-refractivity contribution >= 4 is 17.7 Å². The van der Waals surface area contributed by atoms with Crippen LogP contribution in [-0.4, -0.2) is 49.6 Å². The van der Waals surface area contributed by atoms with Crippen LogP contribution in [-0.2, 0) is 9.53 Å². The summed E-state index contributed by atoms with van der Waals surface area (Å²) in [5, 5.41) is 0. The Morgan fingerprint density at radius 3 is 2.67 bits per heavy atom. The first-order valence-corrected chi connectivity index (χ1v) is 5.27. The van der Waals surface area contributed by atoms with E-state index in [-0.39, 0.29) is 5.97 Å². The van der Waals surface area contributed by atoms with Gasteiger partial charge in [0.15, 0.2) is 0 Å². The SMILES string of the molecule is COC(=O)CN(C)C(C)CSC. The Kier molecular flexibility index (Phi) is 6.20. The zero-order chi connectivity index (χ0) is 9.56. The topological polar surface area (TPSA) is 29.5 Å². The first-order chi connectivity index (χ1) is 5.61. The Morgan fingerprint density at radius 2 is 2.25 bits per heavy atom. The third-order valence-corrected chi connectivity index (χ3v) is 2.58. The lowest BCUT2D eigenvalue weighted by molar-refractivity contribution is -0.141. The van der Waals surface area contributed by atoms with Gasteiger partial charge in [-0.25, -0.2) is 0 Å². The fourth-order valence-electron chi connectivity index (χ4n) is 0.792. The molecular formula is C8H17NO2S. The van der Waals surface area contributed by atoms with Crippen molar-refractivity contribution in [3.63, 3.8) is 0 Å². The summed E-state index contributed by atoms with van der Waals surface area (Å²) < 4.78 is 4.56. The van der Waals surface area contributed by atoms with E-state index in [0.29, 0.717) is 12.6 Å². The van der Waals surface area contributed by atoms with Gasteiger partial charge in [0.2, 0.25) is 0 Å². The molecule has 0 amide bonds. The van der Waals surface area contributed by atoms with E-state index in [2.05, 4.69) is 17.9 Å². The summed E-state index contributed by atoms with van der Waals surface area (Å²) in [6.07, 6.45) is 2.06. The molecule has 0 aromatic heterocycles. The normalized spacial score (nSPS) is 13.1. The summed E-state index contributed by atoms with van der Waals surface area (Å²) >= 11 is 1.78. The minimum atomic E-state index is -0.176.